The molecule has 0 aromatic carbocycles. The van der Waals surface area contributed by atoms with Crippen LogP contribution >= 0.6 is 0 Å². The van der Waals surface area contributed by atoms with Crippen molar-refractivity contribution in [2.45, 2.75) is 32.6 Å². The van der Waals surface area contributed by atoms with Gasteiger partial charge in [0.1, 0.15) is 0 Å². The van der Waals surface area contributed by atoms with Crippen LogP contribution in [0.5, 0.6) is 0 Å². The average molecular weight is 329 g/mol. The number of ether oxygens (including phenoxy) is 2. The molecule has 6 heteroatoms. The lowest BCUT2D eigenvalue weighted by molar-refractivity contribution is 0.0778. The standard InChI is InChI=1S/C17H36N4O2/c1-5-18-16(19-10-11-21(2)12-14-23-4)20-15-17(7-6-8-17)9-13-22-3/h5-15H2,1-4H3,(H2,18,19,20). The van der Waals surface area contributed by atoms with Gasteiger partial charge in [-0.25, -0.2) is 0 Å². The first-order valence-electron chi connectivity index (χ1n) is 8.84. The van der Waals surface area contributed by atoms with Crippen LogP contribution in [-0.2, 0) is 9.47 Å². The Bertz CT molecular complexity index is 333. The number of rotatable bonds is 12. The lowest BCUT2D eigenvalue weighted by Crippen LogP contribution is -2.43. The molecule has 1 rings (SSSR count). The molecule has 0 aromatic rings. The van der Waals surface area contributed by atoms with E-state index in [0.717, 1.165) is 58.3 Å². The molecule has 0 saturated heterocycles. The molecule has 1 aliphatic carbocycles. The Kier molecular flexibility index (Phi) is 10.2. The minimum atomic E-state index is 0.369. The molecule has 2 N–H and O–H groups in total. The minimum Gasteiger partial charge on any atom is -0.385 e. The molecule has 0 atom stereocenters. The zero-order valence-corrected chi connectivity index (χ0v) is 15.5. The summed E-state index contributed by atoms with van der Waals surface area (Å²) in [7, 11) is 5.63. The summed E-state index contributed by atoms with van der Waals surface area (Å²) in [5.41, 5.74) is 0.369. The van der Waals surface area contributed by atoms with E-state index in [9.17, 15) is 0 Å². The molecule has 0 aromatic heterocycles. The second-order valence-electron chi connectivity index (χ2n) is 6.51. The Labute approximate surface area is 142 Å². The fourth-order valence-electron chi connectivity index (χ4n) is 2.80. The molecule has 1 aliphatic rings. The Hall–Kier alpha value is -0.850. The molecule has 0 heterocycles. The van der Waals surface area contributed by atoms with Gasteiger partial charge in [-0.15, -0.1) is 0 Å². The van der Waals surface area contributed by atoms with Crippen molar-refractivity contribution in [1.29, 1.82) is 0 Å². The summed E-state index contributed by atoms with van der Waals surface area (Å²) < 4.78 is 10.4. The third-order valence-electron chi connectivity index (χ3n) is 4.63. The number of guanidine groups is 1. The van der Waals surface area contributed by atoms with E-state index >= 15 is 0 Å². The number of nitrogens with one attached hydrogen (secondary N) is 2. The van der Waals surface area contributed by atoms with Crippen molar-refractivity contribution in [3.63, 3.8) is 0 Å². The van der Waals surface area contributed by atoms with Gasteiger partial charge in [-0.3, -0.25) is 4.99 Å². The topological polar surface area (TPSA) is 58.1 Å². The highest BCUT2D eigenvalue weighted by molar-refractivity contribution is 5.79. The van der Waals surface area contributed by atoms with Gasteiger partial charge in [-0.2, -0.15) is 0 Å². The van der Waals surface area contributed by atoms with Crippen molar-refractivity contribution in [3.05, 3.63) is 0 Å². The van der Waals surface area contributed by atoms with Crippen LogP contribution in [0.15, 0.2) is 4.99 Å². The molecule has 23 heavy (non-hydrogen) atoms. The molecule has 0 spiro atoms. The lowest BCUT2D eigenvalue weighted by Gasteiger charge is -2.40. The predicted molar refractivity (Wildman–Crippen MR) is 96.1 cm³/mol. The van der Waals surface area contributed by atoms with Gasteiger partial charge >= 0.3 is 0 Å². The fourth-order valence-corrected chi connectivity index (χ4v) is 2.80. The van der Waals surface area contributed by atoms with E-state index < -0.39 is 0 Å². The first-order valence-corrected chi connectivity index (χ1v) is 8.84. The van der Waals surface area contributed by atoms with Crippen molar-refractivity contribution >= 4 is 5.96 Å². The van der Waals surface area contributed by atoms with Crippen molar-refractivity contribution in [2.75, 3.05) is 67.2 Å². The second kappa shape index (κ2) is 11.6. The summed E-state index contributed by atoms with van der Waals surface area (Å²) in [6, 6.07) is 0. The van der Waals surface area contributed by atoms with Gasteiger partial charge in [0.15, 0.2) is 5.96 Å². The van der Waals surface area contributed by atoms with Crippen LogP contribution < -0.4 is 10.6 Å². The summed E-state index contributed by atoms with van der Waals surface area (Å²) >= 11 is 0. The zero-order valence-electron chi connectivity index (χ0n) is 15.5. The van der Waals surface area contributed by atoms with Crippen LogP contribution in [0.4, 0.5) is 0 Å². The normalized spacial score (nSPS) is 17.2. The van der Waals surface area contributed by atoms with E-state index in [-0.39, 0.29) is 0 Å². The summed E-state index contributed by atoms with van der Waals surface area (Å²) in [5.74, 6) is 0.927. The van der Waals surface area contributed by atoms with Crippen molar-refractivity contribution in [3.8, 4) is 0 Å². The smallest absolute Gasteiger partial charge is 0.191 e. The summed E-state index contributed by atoms with van der Waals surface area (Å²) in [4.78, 5) is 7.07. The first kappa shape index (κ1) is 20.2. The molecule has 0 aliphatic heterocycles. The van der Waals surface area contributed by atoms with Gasteiger partial charge in [0, 0.05) is 53.6 Å². The molecule has 1 fully saturated rings. The van der Waals surface area contributed by atoms with E-state index in [4.69, 9.17) is 14.5 Å². The van der Waals surface area contributed by atoms with Crippen molar-refractivity contribution < 1.29 is 9.47 Å². The molecular formula is C17H36N4O2. The van der Waals surface area contributed by atoms with Gasteiger partial charge < -0.3 is 25.0 Å². The molecule has 0 unspecified atom stereocenters. The molecule has 6 nitrogen and oxygen atoms in total. The Balaban J connectivity index is 2.37. The van der Waals surface area contributed by atoms with Crippen LogP contribution in [0, 0.1) is 5.41 Å². The number of hydrogen-bond donors (Lipinski definition) is 2. The van der Waals surface area contributed by atoms with Gasteiger partial charge in [-0.1, -0.05) is 6.42 Å². The number of likely N-dealkylation sites (N-methyl/N-ethyl adjacent to an activating group) is 1. The van der Waals surface area contributed by atoms with Crippen LogP contribution in [0.2, 0.25) is 0 Å². The fraction of sp³-hybridized carbons (Fsp3) is 0.941. The summed E-state index contributed by atoms with van der Waals surface area (Å²) in [6.07, 6.45) is 5.00. The monoisotopic (exact) mass is 328 g/mol. The van der Waals surface area contributed by atoms with E-state index in [1.807, 2.05) is 0 Å². The maximum Gasteiger partial charge on any atom is 0.191 e. The Morgan fingerprint density at radius 1 is 1.13 bits per heavy atom. The third-order valence-corrected chi connectivity index (χ3v) is 4.63. The number of aliphatic imine (C=N–C) groups is 1. The van der Waals surface area contributed by atoms with Crippen LogP contribution in [-0.4, -0.2) is 78.1 Å². The van der Waals surface area contributed by atoms with Gasteiger partial charge in [0.25, 0.3) is 0 Å². The Morgan fingerprint density at radius 3 is 2.43 bits per heavy atom. The van der Waals surface area contributed by atoms with Gasteiger partial charge in [0.2, 0.25) is 0 Å². The van der Waals surface area contributed by atoms with E-state index in [1.54, 1.807) is 14.2 Å². The molecule has 0 amide bonds. The van der Waals surface area contributed by atoms with Crippen LogP contribution in [0.25, 0.3) is 0 Å². The van der Waals surface area contributed by atoms with Crippen molar-refractivity contribution in [1.82, 2.24) is 15.5 Å². The van der Waals surface area contributed by atoms with Gasteiger partial charge in [-0.05, 0) is 38.6 Å². The highest BCUT2D eigenvalue weighted by Crippen LogP contribution is 2.44. The number of methoxy groups -OCH3 is 2. The van der Waals surface area contributed by atoms with E-state index in [1.165, 1.54) is 19.3 Å². The molecule has 0 radical (unpaired) electrons. The Morgan fingerprint density at radius 2 is 1.87 bits per heavy atom. The quantitative estimate of drug-likeness (QED) is 0.418. The van der Waals surface area contributed by atoms with E-state index in [2.05, 4.69) is 29.5 Å². The molecular weight excluding hydrogens is 292 g/mol. The zero-order chi connectivity index (χ0) is 17.0. The maximum atomic E-state index is 5.26. The summed E-state index contributed by atoms with van der Waals surface area (Å²) in [5, 5.41) is 6.77. The predicted octanol–water partition coefficient (Wildman–Crippen LogP) is 1.33. The number of hydrogen-bond acceptors (Lipinski definition) is 4. The molecule has 1 saturated carbocycles. The summed E-state index contributed by atoms with van der Waals surface area (Å²) in [6.45, 7) is 8.30. The van der Waals surface area contributed by atoms with Crippen molar-refractivity contribution in [2.24, 2.45) is 10.4 Å². The van der Waals surface area contributed by atoms with E-state index in [0.29, 0.717) is 5.41 Å². The third kappa shape index (κ3) is 7.99. The highest BCUT2D eigenvalue weighted by atomic mass is 16.5. The lowest BCUT2D eigenvalue weighted by atomic mass is 9.67. The molecule has 0 bridgehead atoms. The highest BCUT2D eigenvalue weighted by Gasteiger charge is 2.36. The van der Waals surface area contributed by atoms with Gasteiger partial charge in [0.05, 0.1) is 6.61 Å². The number of nitrogens with zero attached hydrogens (tertiary/aromatic N) is 2. The SMILES string of the molecule is CCNC(=NCC1(CCOC)CCC1)NCCN(C)CCOC. The average Bonchev–Trinajstić information content (AvgIpc) is 2.51. The largest absolute Gasteiger partial charge is 0.385 e. The van der Waals surface area contributed by atoms with Crippen LogP contribution in [0.3, 0.4) is 0 Å². The second-order valence-corrected chi connectivity index (χ2v) is 6.51. The van der Waals surface area contributed by atoms with Crippen LogP contribution in [0.1, 0.15) is 32.6 Å². The maximum absolute atomic E-state index is 5.26. The minimum absolute atomic E-state index is 0.369. The molecule has 136 valence electrons. The first-order chi connectivity index (χ1) is 11.2.